The minimum Gasteiger partial charge on any atom is -0.479 e. The quantitative estimate of drug-likeness (QED) is 0.859. The zero-order valence-electron chi connectivity index (χ0n) is 11.9. The molecule has 0 amide bonds. The summed E-state index contributed by atoms with van der Waals surface area (Å²) in [6.45, 7) is 2.62. The van der Waals surface area contributed by atoms with Gasteiger partial charge in [-0.05, 0) is 43.5 Å². The number of primary sulfonamides is 1. The van der Waals surface area contributed by atoms with Gasteiger partial charge in [0.25, 0.3) is 0 Å². The van der Waals surface area contributed by atoms with Gasteiger partial charge in [-0.2, -0.15) is 0 Å². The van der Waals surface area contributed by atoms with Crippen molar-refractivity contribution in [1.82, 2.24) is 0 Å². The van der Waals surface area contributed by atoms with Gasteiger partial charge in [-0.1, -0.05) is 13.3 Å². The van der Waals surface area contributed by atoms with E-state index >= 15 is 0 Å². The van der Waals surface area contributed by atoms with Crippen molar-refractivity contribution in [3.63, 3.8) is 0 Å². The highest BCUT2D eigenvalue weighted by atomic mass is 32.2. The molecule has 116 valence electrons. The molecule has 1 heterocycles. The second-order valence-electron chi connectivity index (χ2n) is 5.38. The van der Waals surface area contributed by atoms with E-state index in [2.05, 4.69) is 0 Å². The Hall–Kier alpha value is -1.60. The molecule has 6 nitrogen and oxygen atoms in total. The van der Waals surface area contributed by atoms with Crippen LogP contribution < -0.4 is 10.0 Å². The minimum absolute atomic E-state index is 0.0295. The fraction of sp³-hybridized carbons (Fsp3) is 0.500. The summed E-state index contributed by atoms with van der Waals surface area (Å²) in [5.74, 6) is -0.822. The van der Waals surface area contributed by atoms with Gasteiger partial charge in [0.1, 0.15) is 5.54 Å². The standard InChI is InChI=1S/C14H20N2O4S/c1-2-8-14(13(17)18)9-3-10-16(14)11-4-6-12(7-5-11)21(15,19)20/h4-7H,2-3,8-10H2,1H3,(H,17,18)(H2,15,19,20). The molecule has 7 heteroatoms. The monoisotopic (exact) mass is 312 g/mol. The molecule has 1 aliphatic rings. The Morgan fingerprint density at radius 1 is 1.38 bits per heavy atom. The number of carboxylic acid groups (broad SMARTS) is 1. The van der Waals surface area contributed by atoms with Crippen molar-refractivity contribution in [2.75, 3.05) is 11.4 Å². The van der Waals surface area contributed by atoms with Crippen LogP contribution in [-0.4, -0.2) is 31.6 Å². The maximum absolute atomic E-state index is 11.8. The number of hydrogen-bond donors (Lipinski definition) is 2. The van der Waals surface area contributed by atoms with E-state index in [4.69, 9.17) is 5.14 Å². The molecular formula is C14H20N2O4S. The highest BCUT2D eigenvalue weighted by Crippen LogP contribution is 2.38. The van der Waals surface area contributed by atoms with Crippen molar-refractivity contribution < 1.29 is 18.3 Å². The third kappa shape index (κ3) is 2.89. The van der Waals surface area contributed by atoms with E-state index in [1.54, 1.807) is 12.1 Å². The highest BCUT2D eigenvalue weighted by Gasteiger charge is 2.46. The number of carbonyl (C=O) groups is 1. The first-order valence-corrected chi connectivity index (χ1v) is 8.50. The molecule has 0 spiro atoms. The molecule has 0 radical (unpaired) electrons. The molecule has 0 aliphatic carbocycles. The van der Waals surface area contributed by atoms with Gasteiger partial charge in [-0.3, -0.25) is 0 Å². The molecule has 1 aliphatic heterocycles. The number of carboxylic acids is 1. The average Bonchev–Trinajstić information content (AvgIpc) is 2.83. The van der Waals surface area contributed by atoms with Crippen LogP contribution in [-0.2, 0) is 14.8 Å². The first-order valence-electron chi connectivity index (χ1n) is 6.95. The fourth-order valence-corrected chi connectivity index (χ4v) is 3.59. The number of nitrogens with two attached hydrogens (primary N) is 1. The van der Waals surface area contributed by atoms with E-state index < -0.39 is 21.5 Å². The van der Waals surface area contributed by atoms with Crippen molar-refractivity contribution in [2.24, 2.45) is 5.14 Å². The van der Waals surface area contributed by atoms with Crippen molar-refractivity contribution in [3.05, 3.63) is 24.3 Å². The Morgan fingerprint density at radius 3 is 2.48 bits per heavy atom. The van der Waals surface area contributed by atoms with Crippen LogP contribution >= 0.6 is 0 Å². The van der Waals surface area contributed by atoms with E-state index in [-0.39, 0.29) is 4.90 Å². The Kier molecular flexibility index (Phi) is 4.25. The van der Waals surface area contributed by atoms with Crippen LogP contribution in [0.15, 0.2) is 29.2 Å². The molecule has 0 aromatic heterocycles. The van der Waals surface area contributed by atoms with Gasteiger partial charge < -0.3 is 10.0 Å². The highest BCUT2D eigenvalue weighted by molar-refractivity contribution is 7.89. The summed E-state index contributed by atoms with van der Waals surface area (Å²) >= 11 is 0. The molecule has 1 aromatic carbocycles. The van der Waals surface area contributed by atoms with Crippen molar-refractivity contribution in [3.8, 4) is 0 Å². The zero-order valence-corrected chi connectivity index (χ0v) is 12.8. The van der Waals surface area contributed by atoms with Gasteiger partial charge in [0.05, 0.1) is 4.90 Å². The van der Waals surface area contributed by atoms with Crippen molar-refractivity contribution in [2.45, 2.75) is 43.0 Å². The summed E-state index contributed by atoms with van der Waals surface area (Å²) in [5.41, 5.74) is -0.173. The predicted octanol–water partition coefficient (Wildman–Crippen LogP) is 1.56. The van der Waals surface area contributed by atoms with E-state index in [1.165, 1.54) is 12.1 Å². The van der Waals surface area contributed by atoms with E-state index in [1.807, 2.05) is 11.8 Å². The van der Waals surface area contributed by atoms with Gasteiger partial charge in [0.15, 0.2) is 0 Å². The molecule has 1 fully saturated rings. The van der Waals surface area contributed by atoms with E-state index in [0.717, 1.165) is 18.5 Å². The lowest BCUT2D eigenvalue weighted by molar-refractivity contribution is -0.143. The topological polar surface area (TPSA) is 101 Å². The van der Waals surface area contributed by atoms with Crippen molar-refractivity contribution >= 4 is 21.7 Å². The molecule has 1 aromatic rings. The average molecular weight is 312 g/mol. The number of hydrogen-bond acceptors (Lipinski definition) is 4. The summed E-state index contributed by atoms with van der Waals surface area (Å²) in [4.78, 5) is 13.7. The van der Waals surface area contributed by atoms with Crippen LogP contribution in [0.5, 0.6) is 0 Å². The molecule has 0 bridgehead atoms. The zero-order chi connectivity index (χ0) is 15.7. The Morgan fingerprint density at radius 2 is 2.00 bits per heavy atom. The predicted molar refractivity (Wildman–Crippen MR) is 79.7 cm³/mol. The number of aliphatic carboxylic acids is 1. The lowest BCUT2D eigenvalue weighted by Gasteiger charge is -2.36. The molecule has 1 unspecified atom stereocenters. The van der Waals surface area contributed by atoms with Crippen LogP contribution in [0.3, 0.4) is 0 Å². The van der Waals surface area contributed by atoms with Crippen LogP contribution in [0.4, 0.5) is 5.69 Å². The van der Waals surface area contributed by atoms with Gasteiger partial charge >= 0.3 is 5.97 Å². The minimum atomic E-state index is -3.73. The SMILES string of the molecule is CCCC1(C(=O)O)CCCN1c1ccc(S(N)(=O)=O)cc1. The van der Waals surface area contributed by atoms with Crippen LogP contribution in [0, 0.1) is 0 Å². The molecule has 1 saturated heterocycles. The van der Waals surface area contributed by atoms with E-state index in [0.29, 0.717) is 19.4 Å². The first kappa shape index (κ1) is 15.8. The third-order valence-corrected chi connectivity index (χ3v) is 4.96. The lowest BCUT2D eigenvalue weighted by Crippen LogP contribution is -2.50. The van der Waals surface area contributed by atoms with Gasteiger partial charge in [-0.15, -0.1) is 0 Å². The Labute approximate surface area is 124 Å². The maximum Gasteiger partial charge on any atom is 0.329 e. The van der Waals surface area contributed by atoms with E-state index in [9.17, 15) is 18.3 Å². The summed E-state index contributed by atoms with van der Waals surface area (Å²) < 4.78 is 22.5. The number of anilines is 1. The molecule has 3 N–H and O–H groups in total. The van der Waals surface area contributed by atoms with Crippen LogP contribution in [0.1, 0.15) is 32.6 Å². The van der Waals surface area contributed by atoms with Crippen LogP contribution in [0.2, 0.25) is 0 Å². The second kappa shape index (κ2) is 5.65. The Bertz CT molecular complexity index is 627. The first-order chi connectivity index (χ1) is 9.81. The fourth-order valence-electron chi connectivity index (χ4n) is 3.07. The molecule has 0 saturated carbocycles. The maximum atomic E-state index is 11.8. The smallest absolute Gasteiger partial charge is 0.329 e. The summed E-state index contributed by atoms with van der Waals surface area (Å²) in [6.07, 6.45) is 2.76. The van der Waals surface area contributed by atoms with Gasteiger partial charge in [-0.25, -0.2) is 18.4 Å². The van der Waals surface area contributed by atoms with Crippen LogP contribution in [0.25, 0.3) is 0 Å². The Balaban J connectivity index is 2.38. The summed E-state index contributed by atoms with van der Waals surface area (Å²) in [6, 6.07) is 6.08. The van der Waals surface area contributed by atoms with Gasteiger partial charge in [0.2, 0.25) is 10.0 Å². The second-order valence-corrected chi connectivity index (χ2v) is 6.94. The number of rotatable bonds is 5. The lowest BCUT2D eigenvalue weighted by atomic mass is 9.90. The normalized spacial score (nSPS) is 22.5. The molecule has 2 rings (SSSR count). The third-order valence-electron chi connectivity index (χ3n) is 4.03. The summed E-state index contributed by atoms with van der Waals surface area (Å²) in [5, 5.41) is 14.7. The van der Waals surface area contributed by atoms with Crippen molar-refractivity contribution in [1.29, 1.82) is 0 Å². The molecule has 1 atom stereocenters. The molecule has 21 heavy (non-hydrogen) atoms. The number of nitrogens with zero attached hydrogens (tertiary/aromatic N) is 1. The number of sulfonamides is 1. The largest absolute Gasteiger partial charge is 0.479 e. The summed E-state index contributed by atoms with van der Waals surface area (Å²) in [7, 11) is -3.73. The van der Waals surface area contributed by atoms with Gasteiger partial charge in [0, 0.05) is 12.2 Å². The molecular weight excluding hydrogens is 292 g/mol. The number of benzene rings is 1.